The molecule has 3 aromatic rings. The summed E-state index contributed by atoms with van der Waals surface area (Å²) in [6, 6.07) is 19.9. The molecule has 1 unspecified atom stereocenters. The molecule has 0 aliphatic rings. The zero-order valence-electron chi connectivity index (χ0n) is 22.7. The van der Waals surface area contributed by atoms with E-state index < -0.39 is 34.3 Å². The molecular weight excluding hydrogens is 553 g/mol. The number of sulfonamides is 1. The fraction of sp³-hybridized carbons (Fsp3) is 0.333. The van der Waals surface area contributed by atoms with Crippen LogP contribution in [0.3, 0.4) is 0 Å². The number of nitrogens with zero attached hydrogens (tertiary/aromatic N) is 2. The van der Waals surface area contributed by atoms with Crippen LogP contribution < -0.4 is 9.62 Å². The number of benzene rings is 3. The third-order valence-electron chi connectivity index (χ3n) is 6.50. The van der Waals surface area contributed by atoms with Gasteiger partial charge in [-0.05, 0) is 55.2 Å². The standard InChI is InChI=1S/C30H35ClFN3O4S/c1-3-5-19-33-30(37)28(4-2)34(20-18-23-12-8-6-9-13-23)29(36)22-35(24-16-17-27(32)26(31)21-24)40(38,39)25-14-10-7-11-15-25/h6-17,21,28H,3-5,18-20,22H2,1-2H3,(H,33,37). The number of carbonyl (C=O) groups is 2. The average Bonchev–Trinajstić information content (AvgIpc) is 2.96. The molecule has 1 atom stereocenters. The minimum absolute atomic E-state index is 0.0343. The van der Waals surface area contributed by atoms with Crippen molar-refractivity contribution in [1.82, 2.24) is 10.2 Å². The van der Waals surface area contributed by atoms with E-state index in [1.807, 2.05) is 44.2 Å². The van der Waals surface area contributed by atoms with E-state index >= 15 is 0 Å². The molecule has 0 aliphatic heterocycles. The van der Waals surface area contributed by atoms with Gasteiger partial charge in [0.2, 0.25) is 11.8 Å². The Hall–Kier alpha value is -3.43. The van der Waals surface area contributed by atoms with E-state index in [0.29, 0.717) is 19.4 Å². The van der Waals surface area contributed by atoms with Crippen molar-refractivity contribution in [3.8, 4) is 0 Å². The van der Waals surface area contributed by atoms with Crippen molar-refractivity contribution in [2.45, 2.75) is 50.5 Å². The van der Waals surface area contributed by atoms with Gasteiger partial charge in [0, 0.05) is 13.1 Å². The summed E-state index contributed by atoms with van der Waals surface area (Å²) in [6.07, 6.45) is 2.51. The molecule has 10 heteroatoms. The maximum atomic E-state index is 14.0. The van der Waals surface area contributed by atoms with Gasteiger partial charge in [-0.15, -0.1) is 0 Å². The predicted molar refractivity (Wildman–Crippen MR) is 156 cm³/mol. The Morgan fingerprint density at radius 2 is 1.62 bits per heavy atom. The fourth-order valence-corrected chi connectivity index (χ4v) is 5.89. The molecule has 0 saturated carbocycles. The number of unbranched alkanes of at least 4 members (excludes halogenated alkanes) is 1. The Morgan fingerprint density at radius 3 is 2.23 bits per heavy atom. The number of hydrogen-bond donors (Lipinski definition) is 1. The van der Waals surface area contributed by atoms with Gasteiger partial charge in [0.1, 0.15) is 18.4 Å². The van der Waals surface area contributed by atoms with E-state index in [9.17, 15) is 22.4 Å². The quantitative estimate of drug-likeness (QED) is 0.254. The Balaban J connectivity index is 1.99. The lowest BCUT2D eigenvalue weighted by Crippen LogP contribution is -2.53. The molecule has 214 valence electrons. The van der Waals surface area contributed by atoms with E-state index in [1.165, 1.54) is 29.2 Å². The molecule has 0 spiro atoms. The Morgan fingerprint density at radius 1 is 0.975 bits per heavy atom. The lowest BCUT2D eigenvalue weighted by Gasteiger charge is -2.33. The molecule has 0 fully saturated rings. The Kier molecular flexibility index (Phi) is 11.5. The van der Waals surface area contributed by atoms with E-state index in [4.69, 9.17) is 11.6 Å². The molecule has 3 rings (SSSR count). The maximum Gasteiger partial charge on any atom is 0.264 e. The number of hydrogen-bond acceptors (Lipinski definition) is 4. The molecule has 0 aliphatic carbocycles. The molecule has 0 radical (unpaired) electrons. The van der Waals surface area contributed by atoms with Gasteiger partial charge in [0.15, 0.2) is 0 Å². The van der Waals surface area contributed by atoms with E-state index in [-0.39, 0.29) is 28.1 Å². The lowest BCUT2D eigenvalue weighted by molar-refractivity contribution is -0.139. The summed E-state index contributed by atoms with van der Waals surface area (Å²) in [5.41, 5.74) is 1.01. The van der Waals surface area contributed by atoms with Crippen LogP contribution in [0.5, 0.6) is 0 Å². The SMILES string of the molecule is CCCCNC(=O)C(CC)N(CCc1ccccc1)C(=O)CN(c1ccc(F)c(Cl)c1)S(=O)(=O)c1ccccc1. The second kappa shape index (κ2) is 14.8. The van der Waals surface area contributed by atoms with Gasteiger partial charge in [-0.1, -0.05) is 80.4 Å². The second-order valence-corrected chi connectivity index (χ2v) is 11.6. The van der Waals surface area contributed by atoms with Crippen LogP contribution in [0.25, 0.3) is 0 Å². The van der Waals surface area contributed by atoms with Gasteiger partial charge in [-0.3, -0.25) is 13.9 Å². The summed E-state index contributed by atoms with van der Waals surface area (Å²) >= 11 is 6.00. The zero-order valence-corrected chi connectivity index (χ0v) is 24.3. The lowest BCUT2D eigenvalue weighted by atomic mass is 10.1. The van der Waals surface area contributed by atoms with Crippen molar-refractivity contribution < 1.29 is 22.4 Å². The first-order valence-electron chi connectivity index (χ1n) is 13.3. The Bertz CT molecular complexity index is 1370. The number of amides is 2. The highest BCUT2D eigenvalue weighted by atomic mass is 35.5. The van der Waals surface area contributed by atoms with Crippen LogP contribution in [0, 0.1) is 5.82 Å². The highest BCUT2D eigenvalue weighted by molar-refractivity contribution is 7.92. The van der Waals surface area contributed by atoms with Gasteiger partial charge in [0.05, 0.1) is 15.6 Å². The second-order valence-electron chi connectivity index (χ2n) is 9.31. The molecular formula is C30H35ClFN3O4S. The van der Waals surface area contributed by atoms with Crippen LogP contribution >= 0.6 is 11.6 Å². The first kappa shape index (κ1) is 31.1. The number of anilines is 1. The predicted octanol–water partition coefficient (Wildman–Crippen LogP) is 5.44. The number of carbonyl (C=O) groups excluding carboxylic acids is 2. The molecule has 1 N–H and O–H groups in total. The van der Waals surface area contributed by atoms with Crippen LogP contribution in [0.2, 0.25) is 5.02 Å². The van der Waals surface area contributed by atoms with Crippen LogP contribution in [0.1, 0.15) is 38.7 Å². The first-order valence-corrected chi connectivity index (χ1v) is 15.1. The van der Waals surface area contributed by atoms with Gasteiger partial charge in [0.25, 0.3) is 10.0 Å². The summed E-state index contributed by atoms with van der Waals surface area (Å²) < 4.78 is 42.4. The topological polar surface area (TPSA) is 86.8 Å². The third-order valence-corrected chi connectivity index (χ3v) is 8.58. The Labute approximate surface area is 241 Å². The molecule has 0 saturated heterocycles. The molecule has 40 heavy (non-hydrogen) atoms. The summed E-state index contributed by atoms with van der Waals surface area (Å²) in [5, 5.41) is 2.62. The zero-order chi connectivity index (χ0) is 29.1. The molecule has 0 bridgehead atoms. The molecule has 7 nitrogen and oxygen atoms in total. The molecule has 0 heterocycles. The molecule has 3 aromatic carbocycles. The maximum absolute atomic E-state index is 14.0. The third kappa shape index (κ3) is 8.05. The highest BCUT2D eigenvalue weighted by Crippen LogP contribution is 2.28. The van der Waals surface area contributed by atoms with Crippen molar-refractivity contribution in [3.05, 3.63) is 95.3 Å². The number of rotatable bonds is 14. The minimum Gasteiger partial charge on any atom is -0.354 e. The number of nitrogens with one attached hydrogen (secondary N) is 1. The van der Waals surface area contributed by atoms with Gasteiger partial charge in [-0.2, -0.15) is 0 Å². The van der Waals surface area contributed by atoms with E-state index in [1.54, 1.807) is 18.2 Å². The first-order chi connectivity index (χ1) is 19.2. The fourth-order valence-electron chi connectivity index (χ4n) is 4.29. The smallest absolute Gasteiger partial charge is 0.264 e. The van der Waals surface area contributed by atoms with Crippen LogP contribution in [0.15, 0.2) is 83.8 Å². The van der Waals surface area contributed by atoms with Crippen molar-refractivity contribution in [1.29, 1.82) is 0 Å². The van der Waals surface area contributed by atoms with Gasteiger partial charge in [-0.25, -0.2) is 12.8 Å². The van der Waals surface area contributed by atoms with Gasteiger partial charge < -0.3 is 10.2 Å². The van der Waals surface area contributed by atoms with E-state index in [2.05, 4.69) is 5.32 Å². The highest BCUT2D eigenvalue weighted by Gasteiger charge is 2.33. The van der Waals surface area contributed by atoms with Crippen LogP contribution in [-0.4, -0.2) is 50.8 Å². The molecule has 0 aromatic heterocycles. The average molecular weight is 588 g/mol. The van der Waals surface area contributed by atoms with Crippen molar-refractivity contribution in [2.75, 3.05) is 23.9 Å². The summed E-state index contributed by atoms with van der Waals surface area (Å²) in [7, 11) is -4.25. The van der Waals surface area contributed by atoms with Crippen molar-refractivity contribution in [3.63, 3.8) is 0 Å². The summed E-state index contributed by atoms with van der Waals surface area (Å²) in [6.45, 7) is 3.90. The van der Waals surface area contributed by atoms with Crippen molar-refractivity contribution in [2.24, 2.45) is 0 Å². The van der Waals surface area contributed by atoms with Crippen LogP contribution in [0.4, 0.5) is 10.1 Å². The van der Waals surface area contributed by atoms with E-state index in [0.717, 1.165) is 28.8 Å². The summed E-state index contributed by atoms with van der Waals surface area (Å²) in [4.78, 5) is 28.5. The van der Waals surface area contributed by atoms with Gasteiger partial charge >= 0.3 is 0 Å². The summed E-state index contributed by atoms with van der Waals surface area (Å²) in [5.74, 6) is -1.57. The monoisotopic (exact) mass is 587 g/mol. The largest absolute Gasteiger partial charge is 0.354 e. The minimum atomic E-state index is -4.25. The molecule has 2 amide bonds. The normalized spacial score (nSPS) is 12.0. The van der Waals surface area contributed by atoms with Crippen molar-refractivity contribution >= 4 is 39.1 Å². The number of halogens is 2. The van der Waals surface area contributed by atoms with Crippen LogP contribution in [-0.2, 0) is 26.0 Å².